The number of carbonyl (C=O) groups is 2. The van der Waals surface area contributed by atoms with E-state index in [2.05, 4.69) is 14.9 Å². The third-order valence-corrected chi connectivity index (χ3v) is 5.80. The number of halogens is 1. The molecule has 0 saturated heterocycles. The van der Waals surface area contributed by atoms with Gasteiger partial charge in [-0.05, 0) is 66.3 Å². The second-order valence-corrected chi connectivity index (χ2v) is 9.13. The lowest BCUT2D eigenvalue weighted by Gasteiger charge is -2.32. The van der Waals surface area contributed by atoms with E-state index in [1.165, 1.54) is 18.2 Å². The minimum atomic E-state index is -0.458. The van der Waals surface area contributed by atoms with E-state index in [4.69, 9.17) is 5.73 Å². The summed E-state index contributed by atoms with van der Waals surface area (Å²) in [6.45, 7) is 6.83. The molecule has 0 radical (unpaired) electrons. The van der Waals surface area contributed by atoms with Crippen LogP contribution in [0.1, 0.15) is 45.1 Å². The van der Waals surface area contributed by atoms with Crippen molar-refractivity contribution >= 4 is 29.0 Å². The van der Waals surface area contributed by atoms with Gasteiger partial charge in [-0.1, -0.05) is 36.5 Å². The minimum Gasteiger partial charge on any atom is -0.334 e. The molecule has 3 rings (SSSR count). The van der Waals surface area contributed by atoms with Crippen molar-refractivity contribution in [1.82, 2.24) is 14.5 Å². The molecule has 0 bridgehead atoms. The van der Waals surface area contributed by atoms with E-state index in [1.54, 1.807) is 30.0 Å². The molecule has 0 aliphatic rings. The molecule has 168 valence electrons. The Morgan fingerprint density at radius 1 is 1.19 bits per heavy atom. The predicted octanol–water partition coefficient (Wildman–Crippen LogP) is 3.87. The zero-order valence-corrected chi connectivity index (χ0v) is 19.1. The van der Waals surface area contributed by atoms with Gasteiger partial charge in [0.15, 0.2) is 0 Å². The standard InChI is InChI=1S/C23H26FN5O2S/c1-15-20(32-28-27-15)21(30)26-19-9-7-16(8-10-19)12-29(14-23(2,3)13-25)22(31)17-5-4-6-18(24)11-17/h4-11H,12-14,25H2,1-3H3,(H,26,30). The van der Waals surface area contributed by atoms with Crippen molar-refractivity contribution in [3.8, 4) is 0 Å². The van der Waals surface area contributed by atoms with E-state index in [9.17, 15) is 14.0 Å². The van der Waals surface area contributed by atoms with Crippen molar-refractivity contribution in [2.45, 2.75) is 27.3 Å². The van der Waals surface area contributed by atoms with Gasteiger partial charge < -0.3 is 16.0 Å². The van der Waals surface area contributed by atoms with Crippen LogP contribution in [0.25, 0.3) is 0 Å². The van der Waals surface area contributed by atoms with Gasteiger partial charge in [-0.3, -0.25) is 9.59 Å². The van der Waals surface area contributed by atoms with E-state index in [0.717, 1.165) is 17.1 Å². The number of amides is 2. The maximum Gasteiger partial charge on any atom is 0.269 e. The Labute approximate surface area is 190 Å². The third-order valence-electron chi connectivity index (χ3n) is 4.97. The van der Waals surface area contributed by atoms with E-state index in [1.807, 2.05) is 26.0 Å². The zero-order valence-electron chi connectivity index (χ0n) is 18.3. The van der Waals surface area contributed by atoms with Gasteiger partial charge >= 0.3 is 0 Å². The number of nitrogens with two attached hydrogens (primary N) is 1. The van der Waals surface area contributed by atoms with Crippen LogP contribution in [0.15, 0.2) is 48.5 Å². The second-order valence-electron chi connectivity index (χ2n) is 8.38. The fourth-order valence-electron chi connectivity index (χ4n) is 3.13. The summed E-state index contributed by atoms with van der Waals surface area (Å²) in [4.78, 5) is 27.6. The van der Waals surface area contributed by atoms with Gasteiger partial charge in [0.2, 0.25) is 0 Å². The van der Waals surface area contributed by atoms with Gasteiger partial charge in [-0.15, -0.1) is 5.10 Å². The number of nitrogens with one attached hydrogen (secondary N) is 1. The average molecular weight is 456 g/mol. The smallest absolute Gasteiger partial charge is 0.269 e. The van der Waals surface area contributed by atoms with Crippen molar-refractivity contribution in [2.75, 3.05) is 18.4 Å². The highest BCUT2D eigenvalue weighted by atomic mass is 32.1. The van der Waals surface area contributed by atoms with Crippen molar-refractivity contribution in [3.63, 3.8) is 0 Å². The monoisotopic (exact) mass is 455 g/mol. The summed E-state index contributed by atoms with van der Waals surface area (Å²) in [6, 6.07) is 12.9. The molecule has 0 spiro atoms. The van der Waals surface area contributed by atoms with Gasteiger partial charge in [-0.25, -0.2) is 4.39 Å². The molecule has 3 N–H and O–H groups in total. The fourth-order valence-corrected chi connectivity index (χ4v) is 3.68. The Balaban J connectivity index is 1.76. The molecule has 0 saturated carbocycles. The molecule has 0 atom stereocenters. The summed E-state index contributed by atoms with van der Waals surface area (Å²) >= 11 is 1.04. The molecule has 32 heavy (non-hydrogen) atoms. The van der Waals surface area contributed by atoms with E-state index in [-0.39, 0.29) is 22.8 Å². The molecular formula is C23H26FN5O2S. The Morgan fingerprint density at radius 3 is 2.50 bits per heavy atom. The number of benzene rings is 2. The lowest BCUT2D eigenvalue weighted by atomic mass is 9.92. The first-order chi connectivity index (χ1) is 15.2. The van der Waals surface area contributed by atoms with Crippen LogP contribution in [0.4, 0.5) is 10.1 Å². The molecule has 0 fully saturated rings. The summed E-state index contributed by atoms with van der Waals surface area (Å²) in [6.07, 6.45) is 0. The third kappa shape index (κ3) is 5.95. The zero-order chi connectivity index (χ0) is 23.3. The first-order valence-electron chi connectivity index (χ1n) is 10.1. The Morgan fingerprint density at radius 2 is 1.91 bits per heavy atom. The molecule has 9 heteroatoms. The highest BCUT2D eigenvalue weighted by molar-refractivity contribution is 7.08. The first-order valence-corrected chi connectivity index (χ1v) is 10.9. The van der Waals surface area contributed by atoms with Crippen molar-refractivity contribution in [1.29, 1.82) is 0 Å². The Hall–Kier alpha value is -3.17. The fraction of sp³-hybridized carbons (Fsp3) is 0.304. The Kier molecular flexibility index (Phi) is 7.32. The lowest BCUT2D eigenvalue weighted by Crippen LogP contribution is -2.41. The first kappa shape index (κ1) is 23.5. The van der Waals surface area contributed by atoms with E-state index < -0.39 is 5.82 Å². The van der Waals surface area contributed by atoms with Crippen LogP contribution in [0.5, 0.6) is 0 Å². The van der Waals surface area contributed by atoms with Gasteiger partial charge in [0.25, 0.3) is 11.8 Å². The highest BCUT2D eigenvalue weighted by Crippen LogP contribution is 2.21. The average Bonchev–Trinajstić information content (AvgIpc) is 3.20. The number of aryl methyl sites for hydroxylation is 1. The number of carbonyl (C=O) groups excluding carboxylic acids is 2. The number of hydrogen-bond donors (Lipinski definition) is 2. The number of anilines is 1. The molecular weight excluding hydrogens is 429 g/mol. The van der Waals surface area contributed by atoms with Crippen LogP contribution in [-0.2, 0) is 6.54 Å². The topological polar surface area (TPSA) is 101 Å². The number of rotatable bonds is 8. The maximum absolute atomic E-state index is 13.7. The molecule has 7 nitrogen and oxygen atoms in total. The quantitative estimate of drug-likeness (QED) is 0.537. The van der Waals surface area contributed by atoms with Gasteiger partial charge in [0, 0.05) is 24.3 Å². The van der Waals surface area contributed by atoms with Crippen LogP contribution in [0.3, 0.4) is 0 Å². The molecule has 2 aromatic carbocycles. The van der Waals surface area contributed by atoms with Crippen LogP contribution < -0.4 is 11.1 Å². The molecule has 0 aliphatic heterocycles. The highest BCUT2D eigenvalue weighted by Gasteiger charge is 2.25. The predicted molar refractivity (Wildman–Crippen MR) is 123 cm³/mol. The van der Waals surface area contributed by atoms with Crippen LogP contribution in [0.2, 0.25) is 0 Å². The van der Waals surface area contributed by atoms with Crippen LogP contribution >= 0.6 is 11.5 Å². The van der Waals surface area contributed by atoms with Gasteiger partial charge in [0.05, 0.1) is 5.69 Å². The van der Waals surface area contributed by atoms with E-state index >= 15 is 0 Å². The SMILES string of the molecule is Cc1nnsc1C(=O)Nc1ccc(CN(CC(C)(C)CN)C(=O)c2cccc(F)c2)cc1. The molecule has 1 aromatic heterocycles. The molecule has 0 aliphatic carbocycles. The molecule has 3 aromatic rings. The summed E-state index contributed by atoms with van der Waals surface area (Å²) in [5.74, 6) is -0.991. The van der Waals surface area contributed by atoms with Crippen molar-refractivity contribution in [2.24, 2.45) is 11.1 Å². The van der Waals surface area contributed by atoms with Crippen molar-refractivity contribution < 1.29 is 14.0 Å². The Bertz CT molecular complexity index is 1100. The summed E-state index contributed by atoms with van der Waals surface area (Å²) in [5.41, 5.74) is 7.94. The second kappa shape index (κ2) is 9.97. The number of hydrogen-bond acceptors (Lipinski definition) is 6. The van der Waals surface area contributed by atoms with Crippen LogP contribution in [-0.4, -0.2) is 39.4 Å². The minimum absolute atomic E-state index is 0.266. The molecule has 1 heterocycles. The number of aromatic nitrogens is 2. The number of nitrogens with zero attached hydrogens (tertiary/aromatic N) is 3. The summed E-state index contributed by atoms with van der Waals surface area (Å²) in [5, 5.41) is 6.67. The van der Waals surface area contributed by atoms with Gasteiger partial charge in [-0.2, -0.15) is 0 Å². The van der Waals surface area contributed by atoms with Gasteiger partial charge in [0.1, 0.15) is 10.7 Å². The van der Waals surface area contributed by atoms with Crippen LogP contribution in [0, 0.1) is 18.2 Å². The summed E-state index contributed by atoms with van der Waals surface area (Å²) in [7, 11) is 0. The maximum atomic E-state index is 13.7. The van der Waals surface area contributed by atoms with E-state index in [0.29, 0.717) is 35.9 Å². The van der Waals surface area contributed by atoms with Crippen molar-refractivity contribution in [3.05, 3.63) is 76.0 Å². The summed E-state index contributed by atoms with van der Waals surface area (Å²) < 4.78 is 17.4. The lowest BCUT2D eigenvalue weighted by molar-refractivity contribution is 0.0672. The molecule has 2 amide bonds. The largest absolute Gasteiger partial charge is 0.334 e. The molecule has 0 unspecified atom stereocenters. The normalized spacial score (nSPS) is 11.3.